The standard InChI is InChI=1S/C17H15N5O3S/c1-10-3-8-16(26-10)14-9-15(20-19-14)17(23)21-18-11(2)12-4-6-13(7-5-12)22(24)25/h3-9,18H,2H2,1H3,(H,19,20)(H,21,23). The number of benzene rings is 1. The molecular formula is C17H15N5O3S. The molecule has 0 radical (unpaired) electrons. The van der Waals surface area contributed by atoms with Crippen molar-refractivity contribution < 1.29 is 9.72 Å². The predicted molar refractivity (Wildman–Crippen MR) is 99.4 cm³/mol. The Morgan fingerprint density at radius 1 is 1.23 bits per heavy atom. The number of aryl methyl sites for hydroxylation is 1. The Kier molecular flexibility index (Phi) is 4.81. The van der Waals surface area contributed by atoms with Crippen LogP contribution in [0.25, 0.3) is 16.3 Å². The van der Waals surface area contributed by atoms with Crippen LogP contribution in [0.2, 0.25) is 0 Å². The van der Waals surface area contributed by atoms with Gasteiger partial charge < -0.3 is 0 Å². The van der Waals surface area contributed by atoms with Crippen LogP contribution in [0, 0.1) is 17.0 Å². The fourth-order valence-corrected chi connectivity index (χ4v) is 3.03. The highest BCUT2D eigenvalue weighted by Gasteiger charge is 2.13. The molecule has 0 bridgehead atoms. The minimum atomic E-state index is -0.480. The minimum Gasteiger partial charge on any atom is -0.298 e. The number of carbonyl (C=O) groups is 1. The number of hydrogen-bond acceptors (Lipinski definition) is 6. The van der Waals surface area contributed by atoms with Crippen molar-refractivity contribution in [3.05, 3.63) is 75.3 Å². The fourth-order valence-electron chi connectivity index (χ4n) is 2.20. The van der Waals surface area contributed by atoms with Crippen LogP contribution in [0.5, 0.6) is 0 Å². The number of carbonyl (C=O) groups excluding carboxylic acids is 1. The average Bonchev–Trinajstić information content (AvgIpc) is 3.28. The first-order valence-electron chi connectivity index (χ1n) is 7.56. The molecule has 26 heavy (non-hydrogen) atoms. The van der Waals surface area contributed by atoms with Crippen LogP contribution < -0.4 is 10.9 Å². The highest BCUT2D eigenvalue weighted by atomic mass is 32.1. The number of rotatable bonds is 6. The monoisotopic (exact) mass is 369 g/mol. The molecule has 1 aromatic carbocycles. The number of aromatic amines is 1. The van der Waals surface area contributed by atoms with Crippen LogP contribution in [0.15, 0.2) is 49.0 Å². The Labute approximate surface area is 152 Å². The van der Waals surface area contributed by atoms with E-state index in [2.05, 4.69) is 27.6 Å². The van der Waals surface area contributed by atoms with Crippen LogP contribution in [-0.2, 0) is 0 Å². The van der Waals surface area contributed by atoms with Gasteiger partial charge in [0.25, 0.3) is 11.6 Å². The van der Waals surface area contributed by atoms with Gasteiger partial charge in [-0.15, -0.1) is 11.3 Å². The van der Waals surface area contributed by atoms with E-state index in [4.69, 9.17) is 0 Å². The summed E-state index contributed by atoms with van der Waals surface area (Å²) in [5.74, 6) is -0.427. The minimum absolute atomic E-state index is 0.0153. The van der Waals surface area contributed by atoms with Crippen molar-refractivity contribution in [1.82, 2.24) is 21.0 Å². The summed E-state index contributed by atoms with van der Waals surface area (Å²) in [4.78, 5) is 24.5. The summed E-state index contributed by atoms with van der Waals surface area (Å²) in [6.07, 6.45) is 0. The lowest BCUT2D eigenvalue weighted by molar-refractivity contribution is -0.384. The summed E-state index contributed by atoms with van der Waals surface area (Å²) >= 11 is 1.60. The highest BCUT2D eigenvalue weighted by molar-refractivity contribution is 7.15. The second-order valence-electron chi connectivity index (χ2n) is 5.44. The topological polar surface area (TPSA) is 113 Å². The molecule has 8 nitrogen and oxygen atoms in total. The van der Waals surface area contributed by atoms with E-state index in [9.17, 15) is 14.9 Å². The van der Waals surface area contributed by atoms with Gasteiger partial charge in [0.15, 0.2) is 5.69 Å². The fraction of sp³-hybridized carbons (Fsp3) is 0.0588. The first-order chi connectivity index (χ1) is 12.4. The van der Waals surface area contributed by atoms with Gasteiger partial charge in [-0.05, 0) is 42.8 Å². The smallest absolute Gasteiger partial charge is 0.290 e. The molecule has 0 saturated heterocycles. The van der Waals surface area contributed by atoms with Crippen molar-refractivity contribution in [2.24, 2.45) is 0 Å². The second-order valence-corrected chi connectivity index (χ2v) is 6.73. The summed E-state index contributed by atoms with van der Waals surface area (Å²) in [5.41, 5.74) is 7.19. The molecule has 3 N–H and O–H groups in total. The van der Waals surface area contributed by atoms with Crippen molar-refractivity contribution in [2.45, 2.75) is 6.92 Å². The summed E-state index contributed by atoms with van der Waals surface area (Å²) < 4.78 is 0. The van der Waals surface area contributed by atoms with Gasteiger partial charge in [-0.1, -0.05) is 6.58 Å². The number of nitro benzene ring substituents is 1. The van der Waals surface area contributed by atoms with Crippen LogP contribution in [-0.4, -0.2) is 21.0 Å². The number of amides is 1. The van der Waals surface area contributed by atoms with Gasteiger partial charge in [0.05, 0.1) is 21.2 Å². The van der Waals surface area contributed by atoms with E-state index in [1.54, 1.807) is 29.5 Å². The molecule has 0 aliphatic carbocycles. The number of non-ortho nitro benzene ring substituents is 1. The van der Waals surface area contributed by atoms with E-state index in [0.29, 0.717) is 11.3 Å². The van der Waals surface area contributed by atoms with Crippen molar-refractivity contribution in [3.8, 4) is 10.6 Å². The zero-order valence-corrected chi connectivity index (χ0v) is 14.6. The number of nitrogens with zero attached hydrogens (tertiary/aromatic N) is 2. The quantitative estimate of drug-likeness (QED) is 0.456. The molecule has 2 heterocycles. The zero-order valence-electron chi connectivity index (χ0n) is 13.8. The summed E-state index contributed by atoms with van der Waals surface area (Å²) in [5, 5.41) is 17.5. The first kappa shape index (κ1) is 17.4. The summed E-state index contributed by atoms with van der Waals surface area (Å²) in [6, 6.07) is 11.5. The molecule has 2 aromatic heterocycles. The molecule has 0 atom stereocenters. The number of thiophene rings is 1. The molecule has 3 aromatic rings. The highest BCUT2D eigenvalue weighted by Crippen LogP contribution is 2.26. The summed E-state index contributed by atoms with van der Waals surface area (Å²) in [6.45, 7) is 5.80. The zero-order chi connectivity index (χ0) is 18.7. The SMILES string of the molecule is C=C(NNC(=O)c1cc(-c2ccc(C)s2)[nH]n1)c1ccc([N+](=O)[O-])cc1. The third-order valence-corrected chi connectivity index (χ3v) is 4.60. The molecule has 0 aliphatic heterocycles. The number of aromatic nitrogens is 2. The average molecular weight is 369 g/mol. The molecule has 132 valence electrons. The van der Waals surface area contributed by atoms with E-state index in [0.717, 1.165) is 10.6 Å². The molecule has 0 fully saturated rings. The number of hydrogen-bond donors (Lipinski definition) is 3. The van der Waals surface area contributed by atoms with E-state index >= 15 is 0 Å². The number of H-pyrrole nitrogens is 1. The maximum atomic E-state index is 12.2. The Balaban J connectivity index is 1.61. The lowest BCUT2D eigenvalue weighted by atomic mass is 10.1. The molecular weight excluding hydrogens is 354 g/mol. The molecule has 0 unspecified atom stereocenters. The van der Waals surface area contributed by atoms with Crippen LogP contribution in [0.1, 0.15) is 20.9 Å². The Hall–Kier alpha value is -3.46. The van der Waals surface area contributed by atoms with E-state index in [1.807, 2.05) is 19.1 Å². The third-order valence-electron chi connectivity index (χ3n) is 3.57. The lowest BCUT2D eigenvalue weighted by Crippen LogP contribution is -2.36. The molecule has 0 spiro atoms. The van der Waals surface area contributed by atoms with Gasteiger partial charge in [0.1, 0.15) is 0 Å². The van der Waals surface area contributed by atoms with Gasteiger partial charge in [0, 0.05) is 17.0 Å². The molecule has 9 heteroatoms. The molecule has 1 amide bonds. The number of nitro groups is 1. The van der Waals surface area contributed by atoms with Gasteiger partial charge in [-0.25, -0.2) is 0 Å². The second kappa shape index (κ2) is 7.19. The first-order valence-corrected chi connectivity index (χ1v) is 8.38. The van der Waals surface area contributed by atoms with Crippen molar-refractivity contribution in [2.75, 3.05) is 0 Å². The van der Waals surface area contributed by atoms with Gasteiger partial charge in [0.2, 0.25) is 0 Å². The van der Waals surface area contributed by atoms with Gasteiger partial charge in [-0.3, -0.25) is 30.9 Å². The Morgan fingerprint density at radius 3 is 2.58 bits per heavy atom. The van der Waals surface area contributed by atoms with Crippen LogP contribution >= 0.6 is 11.3 Å². The van der Waals surface area contributed by atoms with Gasteiger partial charge in [-0.2, -0.15) is 5.10 Å². The van der Waals surface area contributed by atoms with Crippen molar-refractivity contribution in [3.63, 3.8) is 0 Å². The van der Waals surface area contributed by atoms with E-state index in [1.165, 1.54) is 17.0 Å². The maximum Gasteiger partial charge on any atom is 0.290 e. The number of hydrazine groups is 1. The predicted octanol–water partition coefficient (Wildman–Crippen LogP) is 3.26. The van der Waals surface area contributed by atoms with E-state index < -0.39 is 10.8 Å². The van der Waals surface area contributed by atoms with Crippen LogP contribution in [0.4, 0.5) is 5.69 Å². The van der Waals surface area contributed by atoms with Gasteiger partial charge >= 0.3 is 0 Å². The molecule has 0 aliphatic rings. The maximum absolute atomic E-state index is 12.2. The lowest BCUT2D eigenvalue weighted by Gasteiger charge is -2.10. The normalized spacial score (nSPS) is 10.3. The Morgan fingerprint density at radius 2 is 1.96 bits per heavy atom. The summed E-state index contributed by atoms with van der Waals surface area (Å²) in [7, 11) is 0. The van der Waals surface area contributed by atoms with E-state index in [-0.39, 0.29) is 11.4 Å². The third kappa shape index (κ3) is 3.78. The van der Waals surface area contributed by atoms with Crippen molar-refractivity contribution in [1.29, 1.82) is 0 Å². The molecule has 3 rings (SSSR count). The van der Waals surface area contributed by atoms with Crippen molar-refractivity contribution >= 4 is 28.6 Å². The number of nitrogens with one attached hydrogen (secondary N) is 3. The Bertz CT molecular complexity index is 974. The molecule has 0 saturated carbocycles. The largest absolute Gasteiger partial charge is 0.298 e. The van der Waals surface area contributed by atoms with Crippen LogP contribution in [0.3, 0.4) is 0 Å².